The molecule has 1 aromatic carbocycles. The largest absolute Gasteiger partial charge is 0.507 e. The standard InChI is InChI=1S/C10H11NO3S/c12-8-4-1-2-5-9(8)15-7-3-6-10(13)11-14/h1-2,4-5,12H,3,6-7H2. The van der Waals surface area contributed by atoms with Gasteiger partial charge in [0.25, 0.3) is 5.91 Å². The number of carbonyl (C=O) groups excluding carboxylic acids is 1. The molecule has 0 fully saturated rings. The van der Waals surface area contributed by atoms with Gasteiger partial charge in [-0.1, -0.05) is 12.1 Å². The molecule has 15 heavy (non-hydrogen) atoms. The van der Waals surface area contributed by atoms with E-state index in [-0.39, 0.29) is 12.2 Å². The second-order valence-electron chi connectivity index (χ2n) is 2.90. The first kappa shape index (κ1) is 11.7. The fourth-order valence-corrected chi connectivity index (χ4v) is 1.93. The number of para-hydroxylation sites is 1. The van der Waals surface area contributed by atoms with E-state index in [2.05, 4.69) is 5.18 Å². The fourth-order valence-electron chi connectivity index (χ4n) is 1.03. The molecule has 0 aliphatic rings. The zero-order valence-corrected chi connectivity index (χ0v) is 8.87. The number of rotatable bonds is 5. The number of phenolic OH excluding ortho intramolecular Hbond substituents is 1. The van der Waals surface area contributed by atoms with Crippen LogP contribution in [0.3, 0.4) is 0 Å². The molecule has 1 amide bonds. The van der Waals surface area contributed by atoms with Gasteiger partial charge >= 0.3 is 0 Å². The highest BCUT2D eigenvalue weighted by molar-refractivity contribution is 7.99. The predicted octanol–water partition coefficient (Wildman–Crippen LogP) is 2.56. The van der Waals surface area contributed by atoms with Crippen LogP contribution in [0.2, 0.25) is 0 Å². The summed E-state index contributed by atoms with van der Waals surface area (Å²) in [6, 6.07) is 7.00. The van der Waals surface area contributed by atoms with Gasteiger partial charge in [0, 0.05) is 16.5 Å². The maximum Gasteiger partial charge on any atom is 0.286 e. The average molecular weight is 225 g/mol. The lowest BCUT2D eigenvalue weighted by atomic mass is 10.3. The number of amides is 1. The van der Waals surface area contributed by atoms with Gasteiger partial charge in [0.05, 0.1) is 0 Å². The molecule has 1 rings (SSSR count). The van der Waals surface area contributed by atoms with Crippen molar-refractivity contribution in [3.05, 3.63) is 29.2 Å². The van der Waals surface area contributed by atoms with Crippen LogP contribution in [0.4, 0.5) is 0 Å². The third-order valence-corrected chi connectivity index (χ3v) is 2.91. The van der Waals surface area contributed by atoms with Crippen LogP contribution in [-0.2, 0) is 4.79 Å². The number of nitroso groups, excluding NO2 is 1. The molecule has 4 nitrogen and oxygen atoms in total. The fraction of sp³-hybridized carbons (Fsp3) is 0.300. The van der Waals surface area contributed by atoms with Crippen molar-refractivity contribution in [1.29, 1.82) is 0 Å². The minimum absolute atomic E-state index is 0.171. The first-order valence-corrected chi connectivity index (χ1v) is 5.49. The number of hydrogen-bond donors (Lipinski definition) is 1. The molecule has 0 heterocycles. The predicted molar refractivity (Wildman–Crippen MR) is 58.9 cm³/mol. The zero-order valence-electron chi connectivity index (χ0n) is 8.05. The van der Waals surface area contributed by atoms with E-state index in [0.29, 0.717) is 12.2 Å². The highest BCUT2D eigenvalue weighted by Gasteiger charge is 2.02. The van der Waals surface area contributed by atoms with Gasteiger partial charge in [0.15, 0.2) is 0 Å². The van der Waals surface area contributed by atoms with Gasteiger partial charge in [0.1, 0.15) is 5.75 Å². The summed E-state index contributed by atoms with van der Waals surface area (Å²) in [5, 5.41) is 11.7. The van der Waals surface area contributed by atoms with Gasteiger partial charge < -0.3 is 5.11 Å². The van der Waals surface area contributed by atoms with Crippen molar-refractivity contribution in [2.75, 3.05) is 5.75 Å². The van der Waals surface area contributed by atoms with Gasteiger partial charge in [-0.15, -0.1) is 16.7 Å². The Hall–Kier alpha value is -1.36. The van der Waals surface area contributed by atoms with E-state index in [1.54, 1.807) is 18.2 Å². The van der Waals surface area contributed by atoms with E-state index >= 15 is 0 Å². The highest BCUT2D eigenvalue weighted by atomic mass is 32.2. The molecule has 0 bridgehead atoms. The first-order chi connectivity index (χ1) is 7.24. The van der Waals surface area contributed by atoms with Crippen LogP contribution >= 0.6 is 11.8 Å². The van der Waals surface area contributed by atoms with E-state index in [1.807, 2.05) is 6.07 Å². The molecule has 1 aromatic rings. The molecule has 80 valence electrons. The van der Waals surface area contributed by atoms with Gasteiger partial charge in [-0.3, -0.25) is 4.79 Å². The molecule has 0 aromatic heterocycles. The van der Waals surface area contributed by atoms with Gasteiger partial charge in [0.2, 0.25) is 0 Å². The number of carbonyl (C=O) groups is 1. The second kappa shape index (κ2) is 6.19. The molecular weight excluding hydrogens is 214 g/mol. The van der Waals surface area contributed by atoms with Crippen molar-refractivity contribution >= 4 is 17.7 Å². The van der Waals surface area contributed by atoms with Crippen LogP contribution in [0.5, 0.6) is 5.75 Å². The molecule has 0 aliphatic carbocycles. The molecular formula is C10H11NO3S. The lowest BCUT2D eigenvalue weighted by molar-refractivity contribution is -0.117. The van der Waals surface area contributed by atoms with Crippen LogP contribution in [0.1, 0.15) is 12.8 Å². The number of aromatic hydroxyl groups is 1. The number of phenols is 1. The summed E-state index contributed by atoms with van der Waals surface area (Å²) < 4.78 is 0. The molecule has 0 saturated heterocycles. The summed E-state index contributed by atoms with van der Waals surface area (Å²) in [6.07, 6.45) is 0.758. The topological polar surface area (TPSA) is 66.7 Å². The molecule has 0 spiro atoms. The van der Waals surface area contributed by atoms with E-state index < -0.39 is 5.91 Å². The summed E-state index contributed by atoms with van der Waals surface area (Å²) >= 11 is 1.45. The molecule has 0 saturated carbocycles. The lowest BCUT2D eigenvalue weighted by Crippen LogP contribution is -1.92. The zero-order chi connectivity index (χ0) is 11.1. The van der Waals surface area contributed by atoms with Crippen LogP contribution in [0.15, 0.2) is 34.3 Å². The summed E-state index contributed by atoms with van der Waals surface area (Å²) in [5.41, 5.74) is 0. The summed E-state index contributed by atoms with van der Waals surface area (Å²) in [4.78, 5) is 21.1. The van der Waals surface area contributed by atoms with Crippen molar-refractivity contribution in [2.24, 2.45) is 5.18 Å². The van der Waals surface area contributed by atoms with Crippen molar-refractivity contribution in [1.82, 2.24) is 0 Å². The number of thioether (sulfide) groups is 1. The second-order valence-corrected chi connectivity index (χ2v) is 4.04. The smallest absolute Gasteiger partial charge is 0.286 e. The molecule has 0 atom stereocenters. The third-order valence-electron chi connectivity index (χ3n) is 1.76. The Labute approximate surface area is 91.7 Å². The Bertz CT molecular complexity index is 354. The highest BCUT2D eigenvalue weighted by Crippen LogP contribution is 2.28. The molecule has 1 N–H and O–H groups in total. The minimum Gasteiger partial charge on any atom is -0.507 e. The first-order valence-electron chi connectivity index (χ1n) is 4.51. The van der Waals surface area contributed by atoms with Crippen LogP contribution in [-0.4, -0.2) is 16.8 Å². The maximum absolute atomic E-state index is 10.6. The van der Waals surface area contributed by atoms with Crippen molar-refractivity contribution < 1.29 is 9.90 Å². The van der Waals surface area contributed by atoms with E-state index in [0.717, 1.165) is 4.90 Å². The Morgan fingerprint density at radius 1 is 1.40 bits per heavy atom. The monoisotopic (exact) mass is 225 g/mol. The van der Waals surface area contributed by atoms with Crippen LogP contribution < -0.4 is 0 Å². The summed E-state index contributed by atoms with van der Waals surface area (Å²) in [5.74, 6) is 0.300. The van der Waals surface area contributed by atoms with Crippen molar-refractivity contribution in [2.45, 2.75) is 17.7 Å². The Morgan fingerprint density at radius 2 is 2.13 bits per heavy atom. The van der Waals surface area contributed by atoms with E-state index in [9.17, 15) is 14.8 Å². The number of hydrogen-bond acceptors (Lipinski definition) is 4. The van der Waals surface area contributed by atoms with Gasteiger partial charge in [-0.2, -0.15) is 0 Å². The molecule has 5 heteroatoms. The van der Waals surface area contributed by atoms with Crippen LogP contribution in [0.25, 0.3) is 0 Å². The Balaban J connectivity index is 2.29. The van der Waals surface area contributed by atoms with E-state index in [1.165, 1.54) is 11.8 Å². The molecule has 0 unspecified atom stereocenters. The van der Waals surface area contributed by atoms with Gasteiger partial charge in [-0.25, -0.2) is 0 Å². The molecule has 0 aliphatic heterocycles. The third kappa shape index (κ3) is 4.12. The Kier molecular flexibility index (Phi) is 4.83. The Morgan fingerprint density at radius 3 is 2.80 bits per heavy atom. The lowest BCUT2D eigenvalue weighted by Gasteiger charge is -2.02. The van der Waals surface area contributed by atoms with Crippen molar-refractivity contribution in [3.8, 4) is 5.75 Å². The quantitative estimate of drug-likeness (QED) is 0.475. The average Bonchev–Trinajstić information content (AvgIpc) is 2.26. The van der Waals surface area contributed by atoms with Gasteiger partial charge in [-0.05, 0) is 24.3 Å². The van der Waals surface area contributed by atoms with Crippen LogP contribution in [0, 0.1) is 4.91 Å². The number of nitrogens with zero attached hydrogens (tertiary/aromatic N) is 1. The summed E-state index contributed by atoms with van der Waals surface area (Å²) in [7, 11) is 0. The SMILES string of the molecule is O=NC(=O)CCCSc1ccccc1O. The minimum atomic E-state index is -0.618. The summed E-state index contributed by atoms with van der Waals surface area (Å²) in [6.45, 7) is 0. The number of benzene rings is 1. The van der Waals surface area contributed by atoms with Crippen molar-refractivity contribution in [3.63, 3.8) is 0 Å². The van der Waals surface area contributed by atoms with E-state index in [4.69, 9.17) is 0 Å². The molecule has 0 radical (unpaired) electrons. The normalized spacial score (nSPS) is 9.87. The maximum atomic E-state index is 10.6.